The fraction of sp³-hybridized carbons (Fsp3) is 0.356. The maximum atomic E-state index is 16.4. The molecular formula is C45H40Cl2FN7O6S. The van der Waals surface area contributed by atoms with Crippen molar-refractivity contribution < 1.29 is 33.2 Å². The summed E-state index contributed by atoms with van der Waals surface area (Å²) in [4.78, 5) is 86.3. The first-order valence-corrected chi connectivity index (χ1v) is 22.1. The molecular weight excluding hydrogens is 857 g/mol. The molecule has 1 aromatic heterocycles. The molecule has 318 valence electrons. The van der Waals surface area contributed by atoms with E-state index in [4.69, 9.17) is 23.2 Å². The zero-order chi connectivity index (χ0) is 43.3. The number of imide groups is 1. The third-order valence-corrected chi connectivity index (χ3v) is 14.5. The van der Waals surface area contributed by atoms with Crippen molar-refractivity contribution in [2.24, 2.45) is 0 Å². The van der Waals surface area contributed by atoms with E-state index in [9.17, 15) is 28.8 Å². The van der Waals surface area contributed by atoms with Gasteiger partial charge in [-0.1, -0.05) is 89.9 Å². The van der Waals surface area contributed by atoms with E-state index in [1.807, 2.05) is 12.1 Å². The molecule has 5 heterocycles. The van der Waals surface area contributed by atoms with Gasteiger partial charge < -0.3 is 15.5 Å². The van der Waals surface area contributed by atoms with E-state index in [0.717, 1.165) is 36.2 Å². The number of nitrogens with one attached hydrogen (secondary N) is 4. The van der Waals surface area contributed by atoms with Gasteiger partial charge in [0.25, 0.3) is 11.8 Å². The molecule has 1 aliphatic carbocycles. The van der Waals surface area contributed by atoms with Crippen molar-refractivity contribution in [3.8, 4) is 11.8 Å². The fourth-order valence-electron chi connectivity index (χ4n) is 10.2. The van der Waals surface area contributed by atoms with Crippen molar-refractivity contribution in [1.82, 2.24) is 25.8 Å². The summed E-state index contributed by atoms with van der Waals surface area (Å²) in [5.74, 6) is 2.76. The van der Waals surface area contributed by atoms with Crippen molar-refractivity contribution in [2.75, 3.05) is 16.8 Å². The molecule has 4 N–H and O–H groups in total. The number of fused-ring (bicyclic) bond motifs is 4. The number of piperidine rings is 1. The highest BCUT2D eigenvalue weighted by molar-refractivity contribution is 7.17. The molecule has 62 heavy (non-hydrogen) atoms. The highest BCUT2D eigenvalue weighted by atomic mass is 35.5. The van der Waals surface area contributed by atoms with Gasteiger partial charge in [-0.05, 0) is 72.7 Å². The Bertz CT molecular complexity index is 2620. The molecule has 4 aromatic rings. The summed E-state index contributed by atoms with van der Waals surface area (Å²) < 4.78 is 16.4. The number of hydrogen-bond donors (Lipinski definition) is 4. The normalized spacial score (nSPS) is 23.4. The molecule has 5 aliphatic rings. The van der Waals surface area contributed by atoms with Crippen molar-refractivity contribution in [1.29, 1.82) is 0 Å². The summed E-state index contributed by atoms with van der Waals surface area (Å²) in [6.07, 6.45) is 6.11. The lowest BCUT2D eigenvalue weighted by Gasteiger charge is -2.46. The van der Waals surface area contributed by atoms with Crippen molar-refractivity contribution in [3.63, 3.8) is 0 Å². The van der Waals surface area contributed by atoms with Crippen LogP contribution < -0.4 is 26.2 Å². The lowest BCUT2D eigenvalue weighted by atomic mass is 9.56. The molecule has 0 radical (unpaired) electrons. The van der Waals surface area contributed by atoms with Gasteiger partial charge in [0.15, 0.2) is 5.13 Å². The summed E-state index contributed by atoms with van der Waals surface area (Å²) in [5, 5.41) is 12.5. The van der Waals surface area contributed by atoms with Crippen LogP contribution in [0.15, 0.2) is 60.8 Å². The summed E-state index contributed by atoms with van der Waals surface area (Å²) in [5.41, 5.74) is 0.961. The Hall–Kier alpha value is -5.66. The van der Waals surface area contributed by atoms with E-state index in [-0.39, 0.29) is 64.2 Å². The number of thiazole rings is 1. The van der Waals surface area contributed by atoms with Gasteiger partial charge in [-0.2, -0.15) is 0 Å². The van der Waals surface area contributed by atoms with Gasteiger partial charge >= 0.3 is 0 Å². The molecule has 0 bridgehead atoms. The summed E-state index contributed by atoms with van der Waals surface area (Å²) in [7, 11) is 0. The number of anilines is 2. The van der Waals surface area contributed by atoms with Gasteiger partial charge in [0.05, 0.1) is 17.4 Å². The summed E-state index contributed by atoms with van der Waals surface area (Å²) >= 11 is 13.8. The first kappa shape index (κ1) is 41.7. The van der Waals surface area contributed by atoms with Crippen molar-refractivity contribution in [2.45, 2.75) is 93.4 Å². The van der Waals surface area contributed by atoms with E-state index in [0.29, 0.717) is 59.5 Å². The number of rotatable bonds is 9. The molecule has 4 atom stereocenters. The van der Waals surface area contributed by atoms with E-state index in [1.54, 1.807) is 36.4 Å². The average molecular weight is 897 g/mol. The van der Waals surface area contributed by atoms with Gasteiger partial charge in [0.1, 0.15) is 22.2 Å². The number of hydrogen-bond acceptors (Lipinski definition) is 9. The predicted molar refractivity (Wildman–Crippen MR) is 230 cm³/mol. The van der Waals surface area contributed by atoms with Crippen LogP contribution >= 0.6 is 34.5 Å². The Labute approximate surface area is 370 Å². The van der Waals surface area contributed by atoms with Crippen LogP contribution in [0, 0.1) is 17.7 Å². The van der Waals surface area contributed by atoms with Crippen LogP contribution in [0.4, 0.5) is 15.2 Å². The van der Waals surface area contributed by atoms with Crippen LogP contribution in [-0.4, -0.2) is 70.1 Å². The van der Waals surface area contributed by atoms with Crippen LogP contribution in [0.1, 0.15) is 106 Å². The molecule has 17 heteroatoms. The molecule has 4 aliphatic heterocycles. The summed E-state index contributed by atoms with van der Waals surface area (Å²) in [6, 6.07) is 14.4. The van der Waals surface area contributed by atoms with Crippen molar-refractivity contribution >= 4 is 81.3 Å². The molecule has 6 amide bonds. The minimum absolute atomic E-state index is 0.119. The number of carbonyl (C=O) groups is 6. The van der Waals surface area contributed by atoms with Gasteiger partial charge in [-0.25, -0.2) is 9.37 Å². The Morgan fingerprint density at radius 2 is 1.87 bits per heavy atom. The first-order valence-electron chi connectivity index (χ1n) is 20.5. The number of nitrogens with zero attached hydrogens (tertiary/aromatic N) is 3. The largest absolute Gasteiger partial charge is 0.351 e. The average Bonchev–Trinajstić information content (AvgIpc) is 4.01. The minimum atomic E-state index is -1.38. The maximum absolute atomic E-state index is 16.4. The van der Waals surface area contributed by atoms with E-state index >= 15 is 4.39 Å². The lowest BCUT2D eigenvalue weighted by molar-refractivity contribution is -0.137. The maximum Gasteiger partial charge on any atom is 0.263 e. The Balaban J connectivity index is 0.917. The van der Waals surface area contributed by atoms with E-state index < -0.39 is 46.7 Å². The standard InChI is InChI=1S/C45H40Cl2FN7O6S/c46-26-14-15-30-32(21-26)51-42(61)45(30)36(28-12-8-13-31(47)37(28)48)38(53-44(45)18-4-2-5-19-44)55(24-56)43-50-22-34(62-43)40(59)49-20-6-1-3-9-25-10-7-11-27-29(25)23-54(41(27)60)33-16-17-35(57)52-39(33)58/h7-8,10-15,21-22,24,33,36,38,53H,1-2,4-6,16-20,23H2,(H,49,59)(H,51,61)(H,52,57,58)/t33?,36-,38+,45+/m0/s1. The molecule has 2 spiro atoms. The van der Waals surface area contributed by atoms with Gasteiger partial charge in [-0.15, -0.1) is 0 Å². The summed E-state index contributed by atoms with van der Waals surface area (Å²) in [6.45, 7) is 0.506. The van der Waals surface area contributed by atoms with Crippen LogP contribution in [-0.2, 0) is 31.1 Å². The number of unbranched alkanes of at least 4 members (excludes halogenated alkanes) is 1. The van der Waals surface area contributed by atoms with Crippen LogP contribution in [0.5, 0.6) is 0 Å². The van der Waals surface area contributed by atoms with Gasteiger partial charge in [-0.3, -0.25) is 44.3 Å². The second kappa shape index (κ2) is 16.6. The highest BCUT2D eigenvalue weighted by Gasteiger charge is 2.72. The third-order valence-electron chi connectivity index (χ3n) is 12.9. The quantitative estimate of drug-likeness (QED) is 0.0669. The smallest absolute Gasteiger partial charge is 0.263 e. The van der Waals surface area contributed by atoms with E-state index in [1.165, 1.54) is 22.1 Å². The number of amides is 6. The SMILES string of the molecule is O=CN(c1ncc(C(=O)NCCCC#Cc2cccc3c2CN(C2CCC(=O)NC2=O)C3=O)s1)[C@H]1NC2(CCCCC2)[C@@]2(C(=O)Nc3cc(Cl)ccc32)[C@H]1c1cccc(Cl)c1F. The van der Waals surface area contributed by atoms with Gasteiger partial charge in [0.2, 0.25) is 24.1 Å². The molecule has 3 fully saturated rings. The van der Waals surface area contributed by atoms with Crippen LogP contribution in [0.3, 0.4) is 0 Å². The molecule has 9 rings (SSSR count). The molecule has 1 saturated carbocycles. The Morgan fingerprint density at radius 3 is 2.66 bits per heavy atom. The first-order chi connectivity index (χ1) is 30.0. The molecule has 3 aromatic carbocycles. The minimum Gasteiger partial charge on any atom is -0.351 e. The second-order valence-corrected chi connectivity index (χ2v) is 18.1. The fourth-order valence-corrected chi connectivity index (χ4v) is 11.4. The zero-order valence-corrected chi connectivity index (χ0v) is 35.5. The van der Waals surface area contributed by atoms with Gasteiger partial charge in [0, 0.05) is 59.2 Å². The highest BCUT2D eigenvalue weighted by Crippen LogP contribution is 2.63. The Morgan fingerprint density at radius 1 is 1.06 bits per heavy atom. The van der Waals surface area contributed by atoms with Crippen molar-refractivity contribution in [3.05, 3.63) is 109 Å². The molecule has 13 nitrogen and oxygen atoms in total. The molecule has 1 unspecified atom stereocenters. The van der Waals surface area contributed by atoms with Crippen LogP contribution in [0.2, 0.25) is 10.0 Å². The lowest BCUT2D eigenvalue weighted by Crippen LogP contribution is -2.60. The molecule has 2 saturated heterocycles. The third kappa shape index (κ3) is 6.84. The monoisotopic (exact) mass is 895 g/mol. The zero-order valence-electron chi connectivity index (χ0n) is 33.2. The van der Waals surface area contributed by atoms with E-state index in [2.05, 4.69) is 38.1 Å². The number of aromatic nitrogens is 1. The number of benzene rings is 3. The topological polar surface area (TPSA) is 170 Å². The predicted octanol–water partition coefficient (Wildman–Crippen LogP) is 6.18. The Kier molecular flexibility index (Phi) is 11.1. The van der Waals surface area contributed by atoms with Crippen LogP contribution in [0.25, 0.3) is 0 Å². The second-order valence-electron chi connectivity index (χ2n) is 16.2. The number of carbonyl (C=O) groups excluding carboxylic acids is 6. The number of halogens is 3.